The van der Waals surface area contributed by atoms with Gasteiger partial charge in [0.15, 0.2) is 5.75 Å². The predicted molar refractivity (Wildman–Crippen MR) is 309 cm³/mol. The lowest BCUT2D eigenvalue weighted by molar-refractivity contribution is -0.142. The Hall–Kier alpha value is -7.85. The van der Waals surface area contributed by atoms with Gasteiger partial charge in [0.2, 0.25) is 11.8 Å². The summed E-state index contributed by atoms with van der Waals surface area (Å²) in [4.78, 5) is 43.0. The summed E-state index contributed by atoms with van der Waals surface area (Å²) in [5.74, 6) is 0.0812. The summed E-state index contributed by atoms with van der Waals surface area (Å²) in [5, 5.41) is 50.7. The van der Waals surface area contributed by atoms with Crippen molar-refractivity contribution in [2.45, 2.75) is 135 Å². The van der Waals surface area contributed by atoms with Crippen LogP contribution in [0, 0.1) is 18.7 Å². The lowest BCUT2D eigenvalue weighted by Crippen LogP contribution is -2.50. The number of piperazine rings is 1. The number of β-amino-alcohol motifs (C(OH)–C–C–N with tert-alkyl or cyclic N) is 1. The standard InChI is InChI=1S/C62H70FN13O7/c1-7-75-52(18-19-66-75)37-12-10-36(11-13-37)51(29-77)67-60(79)53-21-41(78)27-74(53)61(80)57(32(2)3)76-28-50(71-72-76)44-15-14-38(42-16-17-43(42)44)31-82-58-55(54-34(5)48(63)23-49-47(54)25-65-70-49)45(35-8-9-35)22-46-56(58)68-62(83-30-33(4)81-6)69-59(46)73-26-39-20-40(73)24-64-39/h10-15,18-19,22-23,25,28,32-33,35,39-41,51,53,57,64,77-78H,7-9,16-17,20-21,24,26-27,29-31H2,1-6H3,(H,65,70)(H,67,79)/t33-,39-,40-,41+,51-,53-,57-/m0/s1. The van der Waals surface area contributed by atoms with E-state index in [0.717, 1.165) is 106 Å². The fraction of sp³-hybridized carbons (Fsp3) is 0.452. The van der Waals surface area contributed by atoms with Crippen molar-refractivity contribution in [1.29, 1.82) is 0 Å². The third-order valence-corrected chi connectivity index (χ3v) is 17.8. The van der Waals surface area contributed by atoms with Crippen LogP contribution in [0.1, 0.15) is 105 Å². The van der Waals surface area contributed by atoms with E-state index >= 15 is 4.39 Å². The first-order chi connectivity index (χ1) is 40.3. The summed E-state index contributed by atoms with van der Waals surface area (Å²) < 4.78 is 38.9. The molecule has 1 saturated carbocycles. The Morgan fingerprint density at radius 2 is 1.78 bits per heavy atom. The van der Waals surface area contributed by atoms with Gasteiger partial charge >= 0.3 is 6.01 Å². The Labute approximate surface area is 479 Å². The highest BCUT2D eigenvalue weighted by molar-refractivity contribution is 6.06. The van der Waals surface area contributed by atoms with E-state index in [2.05, 4.69) is 53.3 Å². The highest BCUT2D eigenvalue weighted by Crippen LogP contribution is 2.54. The minimum Gasteiger partial charge on any atom is -0.486 e. The number of likely N-dealkylation sites (tertiary alicyclic amines) is 1. The number of aliphatic hydroxyl groups is 2. The van der Waals surface area contributed by atoms with Crippen molar-refractivity contribution in [3.63, 3.8) is 0 Å². The maximum Gasteiger partial charge on any atom is 0.319 e. The SMILES string of the molecule is CCn1nccc1-c1ccc([C@H](CO)NC(=O)[C@@H]2C[C@@H](O)CN2C(=O)[C@H](C(C)C)n2cc(-c3ccc(COc4c(-c5c(C)c(F)cc6[nH]ncc56)c(C5CC5)cc5c(N6C[C@@H]7C[C@H]6CN7)nc(OC[C@H](C)OC)nc45)c4c3CC4)nn2)cc1. The molecule has 0 unspecified atom stereocenters. The van der Waals surface area contributed by atoms with Crippen LogP contribution in [0.25, 0.3) is 55.4 Å². The smallest absolute Gasteiger partial charge is 0.319 e. The molecule has 7 atom stereocenters. The van der Waals surface area contributed by atoms with Gasteiger partial charge in [0.25, 0.3) is 0 Å². The zero-order valence-electron chi connectivity index (χ0n) is 47.6. The predicted octanol–water partition coefficient (Wildman–Crippen LogP) is 7.29. The zero-order valence-corrected chi connectivity index (χ0v) is 47.6. The van der Waals surface area contributed by atoms with Crippen LogP contribution in [0.2, 0.25) is 0 Å². The molecule has 3 saturated heterocycles. The van der Waals surface area contributed by atoms with Gasteiger partial charge in [-0.1, -0.05) is 55.5 Å². The number of methoxy groups -OCH3 is 1. The summed E-state index contributed by atoms with van der Waals surface area (Å²) in [6.07, 6.45) is 8.77. The zero-order chi connectivity index (χ0) is 57.4. The minimum atomic E-state index is -0.981. The molecule has 21 heteroatoms. The number of rotatable bonds is 20. The molecular formula is C62H70FN13O7. The highest BCUT2D eigenvalue weighted by Gasteiger charge is 2.44. The highest BCUT2D eigenvalue weighted by atomic mass is 19.1. The number of hydrogen-bond acceptors (Lipinski definition) is 15. The number of aromatic nitrogens is 9. The number of aliphatic hydroxyl groups excluding tert-OH is 2. The van der Waals surface area contributed by atoms with Crippen molar-refractivity contribution in [2.24, 2.45) is 5.92 Å². The number of aryl methyl sites for hydroxylation is 1. The second-order valence-corrected chi connectivity index (χ2v) is 23.4. The number of fused-ring (bicyclic) bond motifs is 5. The second-order valence-electron chi connectivity index (χ2n) is 23.4. The third kappa shape index (κ3) is 9.93. The first kappa shape index (κ1) is 54.4. The number of ether oxygens (including phenoxy) is 3. The number of anilines is 1. The van der Waals surface area contributed by atoms with E-state index in [1.165, 1.54) is 11.0 Å². The molecule has 4 aromatic carbocycles. The molecule has 2 amide bonds. The van der Waals surface area contributed by atoms with Gasteiger partial charge < -0.3 is 44.9 Å². The summed E-state index contributed by atoms with van der Waals surface area (Å²) in [7, 11) is 1.64. The summed E-state index contributed by atoms with van der Waals surface area (Å²) in [5.41, 5.74) is 11.5. The van der Waals surface area contributed by atoms with Gasteiger partial charge in [-0.05, 0) is 122 Å². The average molecular weight is 1130 g/mol. The van der Waals surface area contributed by atoms with Crippen LogP contribution in [-0.2, 0) is 40.3 Å². The number of amides is 2. The fourth-order valence-corrected chi connectivity index (χ4v) is 13.1. The molecule has 13 rings (SSSR count). The molecule has 2 bridgehead atoms. The number of H-pyrrole nitrogens is 1. The summed E-state index contributed by atoms with van der Waals surface area (Å²) in [6, 6.07) is 15.6. The lowest BCUT2D eigenvalue weighted by Gasteiger charge is -2.30. The number of nitrogens with zero attached hydrogens (tertiary/aromatic N) is 10. The third-order valence-electron chi connectivity index (χ3n) is 17.8. The van der Waals surface area contributed by atoms with Crippen LogP contribution >= 0.6 is 0 Å². The van der Waals surface area contributed by atoms with Crippen LogP contribution < -0.4 is 25.0 Å². The van der Waals surface area contributed by atoms with Gasteiger partial charge in [0.1, 0.15) is 48.1 Å². The minimum absolute atomic E-state index is 0.0340. The molecule has 3 aliphatic heterocycles. The largest absolute Gasteiger partial charge is 0.486 e. The van der Waals surface area contributed by atoms with Crippen LogP contribution in [0.3, 0.4) is 0 Å². The molecule has 432 valence electrons. The molecule has 5 aliphatic rings. The monoisotopic (exact) mass is 1130 g/mol. The molecule has 7 heterocycles. The maximum atomic E-state index is 16.2. The lowest BCUT2D eigenvalue weighted by atomic mass is 9.81. The Kier molecular flexibility index (Phi) is 14.5. The van der Waals surface area contributed by atoms with Crippen molar-refractivity contribution in [3.8, 4) is 45.4 Å². The molecule has 0 spiro atoms. The van der Waals surface area contributed by atoms with Gasteiger partial charge in [0, 0.05) is 85.5 Å². The van der Waals surface area contributed by atoms with Crippen LogP contribution in [0.4, 0.5) is 10.2 Å². The quantitative estimate of drug-likeness (QED) is 0.0504. The van der Waals surface area contributed by atoms with Gasteiger partial charge in [-0.2, -0.15) is 20.2 Å². The van der Waals surface area contributed by atoms with E-state index in [4.69, 9.17) is 24.2 Å². The van der Waals surface area contributed by atoms with E-state index in [0.29, 0.717) is 51.8 Å². The number of halogens is 1. The number of benzene rings is 4. The molecule has 2 aliphatic carbocycles. The molecule has 5 N–H and O–H groups in total. The van der Waals surface area contributed by atoms with Crippen LogP contribution in [0.15, 0.2) is 73.2 Å². The number of hydrogen-bond donors (Lipinski definition) is 5. The molecule has 4 fully saturated rings. The summed E-state index contributed by atoms with van der Waals surface area (Å²) in [6.45, 7) is 12.0. The second kappa shape index (κ2) is 22.0. The molecular weight excluding hydrogens is 1060 g/mol. The topological polar surface area (TPSA) is 236 Å². The van der Waals surface area contributed by atoms with E-state index in [-0.39, 0.29) is 74.5 Å². The fourth-order valence-electron chi connectivity index (χ4n) is 13.1. The van der Waals surface area contributed by atoms with Gasteiger partial charge in [-0.3, -0.25) is 19.4 Å². The maximum absolute atomic E-state index is 16.2. The Bertz CT molecular complexity index is 3780. The van der Waals surface area contributed by atoms with Crippen LogP contribution in [-0.4, -0.2) is 142 Å². The molecule has 4 aromatic heterocycles. The Balaban J connectivity index is 0.801. The molecule has 8 aromatic rings. The van der Waals surface area contributed by atoms with E-state index in [1.807, 2.05) is 75.7 Å². The van der Waals surface area contributed by atoms with Gasteiger partial charge in [-0.25, -0.2) is 9.07 Å². The first-order valence-electron chi connectivity index (χ1n) is 29.2. The van der Waals surface area contributed by atoms with Crippen molar-refractivity contribution in [2.75, 3.05) is 44.9 Å². The molecule has 83 heavy (non-hydrogen) atoms. The van der Waals surface area contributed by atoms with Crippen molar-refractivity contribution >= 4 is 39.4 Å². The molecule has 0 radical (unpaired) electrons. The van der Waals surface area contributed by atoms with Gasteiger partial charge in [-0.15, -0.1) is 5.10 Å². The van der Waals surface area contributed by atoms with E-state index in [9.17, 15) is 19.8 Å². The van der Waals surface area contributed by atoms with Gasteiger partial charge in [0.05, 0.1) is 48.5 Å². The summed E-state index contributed by atoms with van der Waals surface area (Å²) >= 11 is 0. The number of nitrogens with one attached hydrogen (secondary N) is 3. The van der Waals surface area contributed by atoms with E-state index in [1.54, 1.807) is 30.4 Å². The Morgan fingerprint density at radius 1 is 0.964 bits per heavy atom. The normalized spacial score (nSPS) is 20.3. The number of aromatic amines is 1. The first-order valence-corrected chi connectivity index (χ1v) is 29.2. The molecule has 20 nitrogen and oxygen atoms in total. The van der Waals surface area contributed by atoms with Crippen molar-refractivity contribution < 1.29 is 38.4 Å². The van der Waals surface area contributed by atoms with Crippen molar-refractivity contribution in [1.82, 2.24) is 60.5 Å². The Morgan fingerprint density at radius 3 is 2.49 bits per heavy atom. The average Bonchev–Trinajstić information content (AvgIpc) is 4.39. The van der Waals surface area contributed by atoms with E-state index < -0.39 is 30.1 Å². The number of carbonyl (C=O) groups is 2. The van der Waals surface area contributed by atoms with Crippen LogP contribution in [0.5, 0.6) is 11.8 Å². The number of carbonyl (C=O) groups excluding carboxylic acids is 2. The van der Waals surface area contributed by atoms with Crippen molar-refractivity contribution in [3.05, 3.63) is 112 Å².